The van der Waals surface area contributed by atoms with E-state index in [0.717, 1.165) is 12.8 Å². The molecule has 2 rings (SSSR count). The second-order valence-corrected chi connectivity index (χ2v) is 6.48. The fraction of sp³-hybridized carbons (Fsp3) is 0.417. The molecule has 1 saturated carbocycles. The number of sulfone groups is 1. The minimum atomic E-state index is -3.25. The number of carboxylic acids is 1. The van der Waals surface area contributed by atoms with E-state index >= 15 is 0 Å². The summed E-state index contributed by atoms with van der Waals surface area (Å²) in [4.78, 5) is 10.8. The van der Waals surface area contributed by atoms with Crippen LogP contribution in [0.5, 0.6) is 0 Å². The van der Waals surface area contributed by atoms with Gasteiger partial charge in [0.2, 0.25) is 0 Å². The highest BCUT2D eigenvalue weighted by molar-refractivity contribution is 7.91. The summed E-state index contributed by atoms with van der Waals surface area (Å²) in [5.74, 6) is -0.478. The topological polar surface area (TPSA) is 71.4 Å². The molecule has 1 aromatic rings. The van der Waals surface area contributed by atoms with E-state index in [0.29, 0.717) is 11.5 Å². The first kappa shape index (κ1) is 12.1. The van der Waals surface area contributed by atoms with Gasteiger partial charge in [-0.25, -0.2) is 8.42 Å². The van der Waals surface area contributed by atoms with Crippen LogP contribution in [0, 0.1) is 5.92 Å². The number of aliphatic carboxylic acids is 1. The molecule has 1 aliphatic carbocycles. The van der Waals surface area contributed by atoms with Crippen LogP contribution in [0.15, 0.2) is 29.2 Å². The molecule has 1 N–H and O–H groups in total. The van der Waals surface area contributed by atoms with Crippen molar-refractivity contribution in [2.45, 2.75) is 24.2 Å². The highest BCUT2D eigenvalue weighted by Gasteiger charge is 2.29. The summed E-state index contributed by atoms with van der Waals surface area (Å²) in [6.45, 7) is 0. The second-order valence-electron chi connectivity index (χ2n) is 4.44. The Morgan fingerprint density at radius 2 is 2.06 bits per heavy atom. The van der Waals surface area contributed by atoms with Crippen LogP contribution in [0.4, 0.5) is 0 Å². The van der Waals surface area contributed by atoms with E-state index < -0.39 is 15.8 Å². The minimum Gasteiger partial charge on any atom is -0.481 e. The molecule has 5 heteroatoms. The second kappa shape index (κ2) is 4.49. The van der Waals surface area contributed by atoms with Crippen LogP contribution in [0.25, 0.3) is 0 Å². The number of carbonyl (C=O) groups is 1. The van der Waals surface area contributed by atoms with E-state index in [1.54, 1.807) is 12.1 Å². The molecule has 0 saturated heterocycles. The normalized spacial score (nSPS) is 15.8. The summed E-state index contributed by atoms with van der Waals surface area (Å²) in [5.41, 5.74) is 0.523. The van der Waals surface area contributed by atoms with Crippen molar-refractivity contribution in [1.82, 2.24) is 0 Å². The zero-order valence-corrected chi connectivity index (χ0v) is 10.1. The van der Waals surface area contributed by atoms with Gasteiger partial charge in [0.15, 0.2) is 9.84 Å². The van der Waals surface area contributed by atoms with E-state index in [1.165, 1.54) is 12.1 Å². The first-order valence-corrected chi connectivity index (χ1v) is 7.16. The molecule has 0 amide bonds. The quantitative estimate of drug-likeness (QED) is 0.864. The van der Waals surface area contributed by atoms with Gasteiger partial charge >= 0.3 is 5.97 Å². The molecule has 1 aromatic carbocycles. The summed E-state index contributed by atoms with van der Waals surface area (Å²) in [6.07, 6.45) is 1.81. The number of hydrogen-bond donors (Lipinski definition) is 1. The summed E-state index contributed by atoms with van der Waals surface area (Å²) in [6, 6.07) is 6.22. The van der Waals surface area contributed by atoms with Gasteiger partial charge in [-0.15, -0.1) is 0 Å². The zero-order chi connectivity index (χ0) is 12.5. The molecule has 0 heterocycles. The molecule has 1 fully saturated rings. The van der Waals surface area contributed by atoms with Crippen LogP contribution >= 0.6 is 0 Å². The maximum Gasteiger partial charge on any atom is 0.307 e. The molecule has 0 radical (unpaired) electrons. The van der Waals surface area contributed by atoms with Crippen molar-refractivity contribution in [2.75, 3.05) is 5.75 Å². The highest BCUT2D eigenvalue weighted by Crippen LogP contribution is 2.32. The van der Waals surface area contributed by atoms with Gasteiger partial charge in [-0.1, -0.05) is 12.1 Å². The first-order chi connectivity index (χ1) is 7.97. The van der Waals surface area contributed by atoms with Gasteiger partial charge in [0.25, 0.3) is 0 Å². The summed E-state index contributed by atoms with van der Waals surface area (Å²) < 4.78 is 23.9. The Balaban J connectivity index is 2.22. The molecule has 0 spiro atoms. The van der Waals surface area contributed by atoms with Gasteiger partial charge in [-0.3, -0.25) is 4.79 Å². The van der Waals surface area contributed by atoms with Gasteiger partial charge < -0.3 is 5.11 Å². The molecular weight excluding hydrogens is 240 g/mol. The SMILES string of the molecule is O=C(O)Cc1cccc(S(=O)(=O)CC2CC2)c1. The lowest BCUT2D eigenvalue weighted by molar-refractivity contribution is -0.136. The monoisotopic (exact) mass is 254 g/mol. The van der Waals surface area contributed by atoms with Crippen LogP contribution in [0.2, 0.25) is 0 Å². The first-order valence-electron chi connectivity index (χ1n) is 5.51. The maximum atomic E-state index is 12.0. The number of rotatable bonds is 5. The van der Waals surface area contributed by atoms with Gasteiger partial charge in [-0.2, -0.15) is 0 Å². The lowest BCUT2D eigenvalue weighted by Crippen LogP contribution is -2.09. The predicted molar refractivity (Wildman–Crippen MR) is 62.6 cm³/mol. The van der Waals surface area contributed by atoms with Crippen LogP contribution in [-0.2, 0) is 21.1 Å². The maximum absolute atomic E-state index is 12.0. The Morgan fingerprint density at radius 3 is 2.65 bits per heavy atom. The summed E-state index contributed by atoms with van der Waals surface area (Å²) >= 11 is 0. The molecule has 0 unspecified atom stereocenters. The van der Waals surface area contributed by atoms with Crippen molar-refractivity contribution in [3.63, 3.8) is 0 Å². The minimum absolute atomic E-state index is 0.146. The predicted octanol–water partition coefficient (Wildman–Crippen LogP) is 1.50. The standard InChI is InChI=1S/C12H14O4S/c13-12(14)7-10-2-1-3-11(6-10)17(15,16)8-9-4-5-9/h1-3,6,9H,4-5,7-8H2,(H,13,14). The third-order valence-corrected chi connectivity index (χ3v) is 4.65. The number of carboxylic acid groups (broad SMARTS) is 1. The van der Waals surface area contributed by atoms with Gasteiger partial charge in [0.1, 0.15) is 0 Å². The average molecular weight is 254 g/mol. The van der Waals surface area contributed by atoms with Gasteiger partial charge in [-0.05, 0) is 36.5 Å². The largest absolute Gasteiger partial charge is 0.481 e. The molecule has 92 valence electrons. The van der Waals surface area contributed by atoms with E-state index in [1.807, 2.05) is 0 Å². The zero-order valence-electron chi connectivity index (χ0n) is 9.30. The molecule has 0 bridgehead atoms. The van der Waals surface area contributed by atoms with Gasteiger partial charge in [0.05, 0.1) is 17.1 Å². The van der Waals surface area contributed by atoms with Crippen molar-refractivity contribution >= 4 is 15.8 Å². The Labute approximate surface area is 100 Å². The van der Waals surface area contributed by atoms with E-state index in [2.05, 4.69) is 0 Å². The van der Waals surface area contributed by atoms with Crippen LogP contribution in [0.1, 0.15) is 18.4 Å². The Bertz CT molecular complexity index is 529. The molecule has 0 aromatic heterocycles. The molecule has 17 heavy (non-hydrogen) atoms. The van der Waals surface area contributed by atoms with E-state index in [9.17, 15) is 13.2 Å². The van der Waals surface area contributed by atoms with Crippen molar-refractivity contribution in [2.24, 2.45) is 5.92 Å². The lowest BCUT2D eigenvalue weighted by Gasteiger charge is -2.05. The Kier molecular flexibility index (Phi) is 3.19. The highest BCUT2D eigenvalue weighted by atomic mass is 32.2. The summed E-state index contributed by atoms with van der Waals surface area (Å²) in [5, 5.41) is 8.67. The van der Waals surface area contributed by atoms with Crippen LogP contribution < -0.4 is 0 Å². The third kappa shape index (κ3) is 3.30. The van der Waals surface area contributed by atoms with Crippen molar-refractivity contribution in [3.8, 4) is 0 Å². The molecule has 0 atom stereocenters. The fourth-order valence-electron chi connectivity index (χ4n) is 1.71. The fourth-order valence-corrected chi connectivity index (χ4v) is 3.48. The number of benzene rings is 1. The smallest absolute Gasteiger partial charge is 0.307 e. The lowest BCUT2D eigenvalue weighted by atomic mass is 10.2. The third-order valence-electron chi connectivity index (χ3n) is 2.76. The van der Waals surface area contributed by atoms with E-state index in [4.69, 9.17) is 5.11 Å². The molecule has 1 aliphatic rings. The Hall–Kier alpha value is -1.36. The van der Waals surface area contributed by atoms with Crippen molar-refractivity contribution in [1.29, 1.82) is 0 Å². The molecular formula is C12H14O4S. The molecule has 4 nitrogen and oxygen atoms in total. The van der Waals surface area contributed by atoms with Crippen LogP contribution in [0.3, 0.4) is 0 Å². The Morgan fingerprint density at radius 1 is 1.35 bits per heavy atom. The average Bonchev–Trinajstić information content (AvgIpc) is 3.00. The number of hydrogen-bond acceptors (Lipinski definition) is 3. The van der Waals surface area contributed by atoms with E-state index in [-0.39, 0.29) is 17.1 Å². The van der Waals surface area contributed by atoms with Crippen molar-refractivity contribution in [3.05, 3.63) is 29.8 Å². The van der Waals surface area contributed by atoms with Crippen molar-refractivity contribution < 1.29 is 18.3 Å². The molecule has 0 aliphatic heterocycles. The van der Waals surface area contributed by atoms with Gasteiger partial charge in [0, 0.05) is 0 Å². The summed E-state index contributed by atoms with van der Waals surface area (Å²) in [7, 11) is -3.25. The van der Waals surface area contributed by atoms with Crippen LogP contribution in [-0.4, -0.2) is 25.2 Å².